The summed E-state index contributed by atoms with van der Waals surface area (Å²) in [4.78, 5) is 12.9. The number of carbonyl (C=O) groups is 1. The van der Waals surface area contributed by atoms with Crippen LogP contribution in [0.2, 0.25) is 0 Å². The molecule has 6 heteroatoms. The molecule has 27 heavy (non-hydrogen) atoms. The van der Waals surface area contributed by atoms with E-state index in [2.05, 4.69) is 5.32 Å². The monoisotopic (exact) mass is 372 g/mol. The second-order valence-corrected chi connectivity index (χ2v) is 7.41. The van der Waals surface area contributed by atoms with Crippen molar-refractivity contribution in [1.82, 2.24) is 5.32 Å². The SMILES string of the molecule is Cc1ccc2c(c1)[C@H](NC(=O)c1cc(F)ccc1OCCN)CC(C)(C)O2. The number of carbonyl (C=O) groups excluding carboxylic acids is 1. The van der Waals surface area contributed by atoms with Gasteiger partial charge in [0.1, 0.15) is 29.5 Å². The summed E-state index contributed by atoms with van der Waals surface area (Å²) in [6, 6.07) is 9.55. The van der Waals surface area contributed by atoms with Gasteiger partial charge in [-0.25, -0.2) is 4.39 Å². The Bertz CT molecular complexity index is 851. The van der Waals surface area contributed by atoms with Crippen molar-refractivity contribution in [2.45, 2.75) is 38.8 Å². The van der Waals surface area contributed by atoms with Crippen LogP contribution in [0.5, 0.6) is 11.5 Å². The number of nitrogens with two attached hydrogens (primary N) is 1. The first-order chi connectivity index (χ1) is 12.8. The fourth-order valence-electron chi connectivity index (χ4n) is 3.31. The lowest BCUT2D eigenvalue weighted by molar-refractivity contribution is 0.0618. The number of fused-ring (bicyclic) bond motifs is 1. The Balaban J connectivity index is 1.90. The fourth-order valence-corrected chi connectivity index (χ4v) is 3.31. The highest BCUT2D eigenvalue weighted by atomic mass is 19.1. The van der Waals surface area contributed by atoms with Crippen LogP contribution in [0.25, 0.3) is 0 Å². The largest absolute Gasteiger partial charge is 0.491 e. The summed E-state index contributed by atoms with van der Waals surface area (Å²) in [6.45, 7) is 6.50. The number of hydrogen-bond acceptors (Lipinski definition) is 4. The quantitative estimate of drug-likeness (QED) is 0.842. The van der Waals surface area contributed by atoms with E-state index in [1.165, 1.54) is 18.2 Å². The molecule has 1 aliphatic rings. The molecule has 0 aliphatic carbocycles. The predicted molar refractivity (Wildman–Crippen MR) is 102 cm³/mol. The van der Waals surface area contributed by atoms with Gasteiger partial charge in [-0.15, -0.1) is 0 Å². The summed E-state index contributed by atoms with van der Waals surface area (Å²) in [6.07, 6.45) is 0.601. The Hall–Kier alpha value is -2.60. The number of aryl methyl sites for hydroxylation is 1. The van der Waals surface area contributed by atoms with E-state index in [9.17, 15) is 9.18 Å². The van der Waals surface area contributed by atoms with Crippen molar-refractivity contribution < 1.29 is 18.7 Å². The Kier molecular flexibility index (Phi) is 5.37. The van der Waals surface area contributed by atoms with Crippen LogP contribution in [-0.2, 0) is 0 Å². The van der Waals surface area contributed by atoms with E-state index in [4.69, 9.17) is 15.2 Å². The van der Waals surface area contributed by atoms with Gasteiger partial charge in [-0.3, -0.25) is 4.79 Å². The second-order valence-electron chi connectivity index (χ2n) is 7.41. The smallest absolute Gasteiger partial charge is 0.255 e. The van der Waals surface area contributed by atoms with Gasteiger partial charge in [-0.1, -0.05) is 17.7 Å². The van der Waals surface area contributed by atoms with E-state index >= 15 is 0 Å². The first-order valence-electron chi connectivity index (χ1n) is 9.02. The fraction of sp³-hybridized carbons (Fsp3) is 0.381. The summed E-state index contributed by atoms with van der Waals surface area (Å²) < 4.78 is 25.3. The van der Waals surface area contributed by atoms with E-state index in [1.54, 1.807) is 0 Å². The Morgan fingerprint density at radius 2 is 2.11 bits per heavy atom. The lowest BCUT2D eigenvalue weighted by atomic mass is 9.88. The van der Waals surface area contributed by atoms with E-state index < -0.39 is 17.3 Å². The molecule has 0 fully saturated rings. The van der Waals surface area contributed by atoms with Gasteiger partial charge in [0.25, 0.3) is 5.91 Å². The minimum absolute atomic E-state index is 0.155. The summed E-state index contributed by atoms with van der Waals surface area (Å²) in [5, 5.41) is 3.02. The van der Waals surface area contributed by atoms with Crippen LogP contribution in [0.3, 0.4) is 0 Å². The minimum Gasteiger partial charge on any atom is -0.491 e. The van der Waals surface area contributed by atoms with Gasteiger partial charge in [-0.05, 0) is 45.0 Å². The molecule has 1 atom stereocenters. The molecule has 144 valence electrons. The topological polar surface area (TPSA) is 73.6 Å². The summed E-state index contributed by atoms with van der Waals surface area (Å²) in [5.41, 5.74) is 7.19. The van der Waals surface area contributed by atoms with Crippen LogP contribution in [0.4, 0.5) is 4.39 Å². The van der Waals surface area contributed by atoms with Gasteiger partial charge >= 0.3 is 0 Å². The number of halogens is 1. The van der Waals surface area contributed by atoms with Crippen LogP contribution in [0.1, 0.15) is 47.8 Å². The van der Waals surface area contributed by atoms with Gasteiger partial charge in [0.2, 0.25) is 0 Å². The van der Waals surface area contributed by atoms with Crippen molar-refractivity contribution in [1.29, 1.82) is 0 Å². The highest BCUT2D eigenvalue weighted by Gasteiger charge is 2.35. The predicted octanol–water partition coefficient (Wildman–Crippen LogP) is 3.50. The lowest BCUT2D eigenvalue weighted by Gasteiger charge is -2.38. The molecule has 3 rings (SSSR count). The standard InChI is InChI=1S/C21H25FN2O3/c1-13-4-6-19-15(10-13)17(12-21(2,3)27-19)24-20(25)16-11-14(22)5-7-18(16)26-9-8-23/h4-7,10-11,17H,8-9,12,23H2,1-3H3,(H,24,25)/t17-/m1/s1. The van der Waals surface area contributed by atoms with Crippen molar-refractivity contribution in [2.24, 2.45) is 5.73 Å². The second kappa shape index (κ2) is 7.56. The van der Waals surface area contributed by atoms with Crippen molar-refractivity contribution in [2.75, 3.05) is 13.2 Å². The summed E-state index contributed by atoms with van der Waals surface area (Å²) in [7, 11) is 0. The molecule has 5 nitrogen and oxygen atoms in total. The van der Waals surface area contributed by atoms with Gasteiger partial charge in [0.05, 0.1) is 11.6 Å². The zero-order valence-corrected chi connectivity index (χ0v) is 15.8. The van der Waals surface area contributed by atoms with E-state index in [1.807, 2.05) is 39.0 Å². The Morgan fingerprint density at radius 1 is 1.33 bits per heavy atom. The number of ether oxygens (including phenoxy) is 2. The number of nitrogens with one attached hydrogen (secondary N) is 1. The number of amides is 1. The minimum atomic E-state index is -0.496. The maximum atomic E-state index is 13.7. The van der Waals surface area contributed by atoms with E-state index in [0.29, 0.717) is 18.7 Å². The average molecular weight is 372 g/mol. The van der Waals surface area contributed by atoms with Crippen LogP contribution < -0.4 is 20.5 Å². The number of hydrogen-bond donors (Lipinski definition) is 2. The molecule has 1 aliphatic heterocycles. The molecule has 2 aromatic rings. The number of benzene rings is 2. The molecule has 0 saturated carbocycles. The third kappa shape index (κ3) is 4.39. The molecule has 0 saturated heterocycles. The highest BCUT2D eigenvalue weighted by Crippen LogP contribution is 2.40. The first-order valence-corrected chi connectivity index (χ1v) is 9.02. The molecule has 1 amide bonds. The molecule has 3 N–H and O–H groups in total. The van der Waals surface area contributed by atoms with Crippen LogP contribution in [-0.4, -0.2) is 24.7 Å². The molecule has 0 aromatic heterocycles. The van der Waals surface area contributed by atoms with Crippen LogP contribution in [0.15, 0.2) is 36.4 Å². The van der Waals surface area contributed by atoms with Crippen molar-refractivity contribution in [3.63, 3.8) is 0 Å². The van der Waals surface area contributed by atoms with Crippen LogP contribution >= 0.6 is 0 Å². The molecular formula is C21H25FN2O3. The lowest BCUT2D eigenvalue weighted by Crippen LogP contribution is -2.41. The van der Waals surface area contributed by atoms with E-state index in [-0.39, 0.29) is 18.2 Å². The van der Waals surface area contributed by atoms with Gasteiger partial charge in [-0.2, -0.15) is 0 Å². The third-order valence-electron chi connectivity index (χ3n) is 4.49. The molecule has 0 radical (unpaired) electrons. The zero-order valence-electron chi connectivity index (χ0n) is 15.8. The summed E-state index contributed by atoms with van der Waals surface area (Å²) >= 11 is 0. The third-order valence-corrected chi connectivity index (χ3v) is 4.49. The summed E-state index contributed by atoms with van der Waals surface area (Å²) in [5.74, 6) is 0.177. The van der Waals surface area contributed by atoms with Gasteiger partial charge in [0.15, 0.2) is 0 Å². The molecular weight excluding hydrogens is 347 g/mol. The maximum absolute atomic E-state index is 13.7. The van der Waals surface area contributed by atoms with Crippen molar-refractivity contribution in [3.8, 4) is 11.5 Å². The molecule has 0 bridgehead atoms. The first kappa shape index (κ1) is 19.2. The van der Waals surface area contributed by atoms with Crippen molar-refractivity contribution >= 4 is 5.91 Å². The van der Waals surface area contributed by atoms with Gasteiger partial charge < -0.3 is 20.5 Å². The molecule has 0 unspecified atom stereocenters. The molecule has 0 spiro atoms. The van der Waals surface area contributed by atoms with E-state index in [0.717, 1.165) is 16.9 Å². The zero-order chi connectivity index (χ0) is 19.6. The Labute approximate surface area is 158 Å². The maximum Gasteiger partial charge on any atom is 0.255 e. The Morgan fingerprint density at radius 3 is 2.85 bits per heavy atom. The van der Waals surface area contributed by atoms with Crippen molar-refractivity contribution in [3.05, 3.63) is 58.9 Å². The normalized spacial score (nSPS) is 17.6. The number of rotatable bonds is 5. The van der Waals surface area contributed by atoms with Crippen LogP contribution in [0, 0.1) is 12.7 Å². The molecule has 1 heterocycles. The van der Waals surface area contributed by atoms with Gasteiger partial charge in [0, 0.05) is 18.5 Å². The average Bonchev–Trinajstić information content (AvgIpc) is 2.60. The molecule has 2 aromatic carbocycles. The highest BCUT2D eigenvalue weighted by molar-refractivity contribution is 5.97.